The SMILES string of the molecule is COC(=O)c1cc(C(=O)Nc2ccc([N+](=O)[O-])cc2)cc([N+](=O)[O-])c1. The molecule has 10 nitrogen and oxygen atoms in total. The van der Waals surface area contributed by atoms with E-state index < -0.39 is 27.4 Å². The van der Waals surface area contributed by atoms with E-state index in [0.717, 1.165) is 25.3 Å². The van der Waals surface area contributed by atoms with Gasteiger partial charge in [0.25, 0.3) is 17.3 Å². The molecule has 0 bridgehead atoms. The van der Waals surface area contributed by atoms with Gasteiger partial charge in [-0.2, -0.15) is 0 Å². The van der Waals surface area contributed by atoms with Crippen LogP contribution in [0.25, 0.3) is 0 Å². The third kappa shape index (κ3) is 4.13. The van der Waals surface area contributed by atoms with Crippen LogP contribution in [-0.4, -0.2) is 28.8 Å². The van der Waals surface area contributed by atoms with Gasteiger partial charge >= 0.3 is 5.97 Å². The van der Waals surface area contributed by atoms with Gasteiger partial charge in [-0.3, -0.25) is 25.0 Å². The van der Waals surface area contributed by atoms with Crippen LogP contribution in [0.4, 0.5) is 17.1 Å². The second kappa shape index (κ2) is 7.17. The molecule has 2 aromatic carbocycles. The maximum Gasteiger partial charge on any atom is 0.338 e. The number of esters is 1. The molecule has 0 unspecified atom stereocenters. The van der Waals surface area contributed by atoms with Crippen molar-refractivity contribution in [1.82, 2.24) is 0 Å². The van der Waals surface area contributed by atoms with Crippen molar-refractivity contribution in [2.24, 2.45) is 0 Å². The number of nitrogens with zero attached hydrogens (tertiary/aromatic N) is 2. The zero-order chi connectivity index (χ0) is 18.6. The predicted octanol–water partition coefficient (Wildman–Crippen LogP) is 2.54. The topological polar surface area (TPSA) is 142 Å². The van der Waals surface area contributed by atoms with Gasteiger partial charge in [0, 0.05) is 35.5 Å². The van der Waals surface area contributed by atoms with Crippen LogP contribution in [0.15, 0.2) is 42.5 Å². The van der Waals surface area contributed by atoms with Crippen molar-refractivity contribution in [3.63, 3.8) is 0 Å². The van der Waals surface area contributed by atoms with Crippen molar-refractivity contribution in [1.29, 1.82) is 0 Å². The Bertz CT molecular complexity index is 862. The van der Waals surface area contributed by atoms with Crippen LogP contribution < -0.4 is 5.32 Å². The molecule has 1 amide bonds. The minimum Gasteiger partial charge on any atom is -0.465 e. The zero-order valence-corrected chi connectivity index (χ0v) is 12.8. The van der Waals surface area contributed by atoms with Gasteiger partial charge in [-0.05, 0) is 18.2 Å². The fourth-order valence-electron chi connectivity index (χ4n) is 1.95. The average Bonchev–Trinajstić information content (AvgIpc) is 2.60. The molecule has 2 aromatic rings. The van der Waals surface area contributed by atoms with Gasteiger partial charge < -0.3 is 10.1 Å². The minimum absolute atomic E-state index is 0.132. The number of carbonyl (C=O) groups is 2. The number of rotatable bonds is 5. The molecule has 10 heteroatoms. The molecule has 0 aliphatic heterocycles. The van der Waals surface area contributed by atoms with Crippen molar-refractivity contribution in [3.8, 4) is 0 Å². The van der Waals surface area contributed by atoms with E-state index in [4.69, 9.17) is 0 Å². The number of methoxy groups -OCH3 is 1. The first kappa shape index (κ1) is 17.5. The lowest BCUT2D eigenvalue weighted by molar-refractivity contribution is -0.385. The number of hydrogen-bond donors (Lipinski definition) is 1. The molecule has 0 radical (unpaired) electrons. The molecule has 1 N–H and O–H groups in total. The highest BCUT2D eigenvalue weighted by Crippen LogP contribution is 2.20. The third-order valence-electron chi connectivity index (χ3n) is 3.15. The Morgan fingerprint density at radius 1 is 0.920 bits per heavy atom. The smallest absolute Gasteiger partial charge is 0.338 e. The first-order chi connectivity index (χ1) is 11.8. The second-order valence-electron chi connectivity index (χ2n) is 4.78. The van der Waals surface area contributed by atoms with Crippen molar-refractivity contribution >= 4 is 28.9 Å². The maximum absolute atomic E-state index is 12.3. The lowest BCUT2D eigenvalue weighted by Gasteiger charge is -2.07. The fourth-order valence-corrected chi connectivity index (χ4v) is 1.95. The van der Waals surface area contributed by atoms with Gasteiger partial charge in [0.15, 0.2) is 0 Å². The normalized spacial score (nSPS) is 9.96. The summed E-state index contributed by atoms with van der Waals surface area (Å²) in [7, 11) is 1.11. The second-order valence-corrected chi connectivity index (χ2v) is 4.78. The maximum atomic E-state index is 12.3. The van der Waals surface area contributed by atoms with Crippen LogP contribution >= 0.6 is 0 Å². The first-order valence-electron chi connectivity index (χ1n) is 6.75. The van der Waals surface area contributed by atoms with Crippen LogP contribution in [0.1, 0.15) is 20.7 Å². The van der Waals surface area contributed by atoms with Gasteiger partial charge in [-0.25, -0.2) is 4.79 Å². The van der Waals surface area contributed by atoms with Gasteiger partial charge in [0.1, 0.15) is 0 Å². The summed E-state index contributed by atoms with van der Waals surface area (Å²) >= 11 is 0. The Hall–Kier alpha value is -3.82. The van der Waals surface area contributed by atoms with Gasteiger partial charge in [0.2, 0.25) is 0 Å². The molecule has 0 aromatic heterocycles. The summed E-state index contributed by atoms with van der Waals surface area (Å²) < 4.78 is 4.50. The summed E-state index contributed by atoms with van der Waals surface area (Å²) in [5.41, 5.74) is -0.627. The van der Waals surface area contributed by atoms with Crippen molar-refractivity contribution in [2.75, 3.05) is 12.4 Å². The molecule has 0 saturated heterocycles. The Kier molecular flexibility index (Phi) is 5.03. The van der Waals surface area contributed by atoms with E-state index in [9.17, 15) is 29.8 Å². The molecule has 0 heterocycles. The summed E-state index contributed by atoms with van der Waals surface area (Å²) in [5, 5.41) is 24.0. The molecular weight excluding hydrogens is 334 g/mol. The summed E-state index contributed by atoms with van der Waals surface area (Å²) in [4.78, 5) is 44.1. The molecule has 0 spiro atoms. The number of ether oxygens (including phenoxy) is 1. The molecule has 0 aliphatic rings. The summed E-state index contributed by atoms with van der Waals surface area (Å²) in [6, 6.07) is 8.18. The number of hydrogen-bond acceptors (Lipinski definition) is 7. The summed E-state index contributed by atoms with van der Waals surface area (Å²) in [6.45, 7) is 0. The predicted molar refractivity (Wildman–Crippen MR) is 85.5 cm³/mol. The van der Waals surface area contributed by atoms with Crippen LogP contribution in [0, 0.1) is 20.2 Å². The molecule has 128 valence electrons. The summed E-state index contributed by atoms with van der Waals surface area (Å²) in [6.07, 6.45) is 0. The number of amides is 1. The number of anilines is 1. The summed E-state index contributed by atoms with van der Waals surface area (Å²) in [5.74, 6) is -1.55. The van der Waals surface area contributed by atoms with Crippen LogP contribution in [0.5, 0.6) is 0 Å². The van der Waals surface area contributed by atoms with Crippen molar-refractivity contribution in [3.05, 3.63) is 73.8 Å². The molecule has 0 aliphatic carbocycles. The zero-order valence-electron chi connectivity index (χ0n) is 12.8. The number of carbonyl (C=O) groups excluding carboxylic acids is 2. The van der Waals surface area contributed by atoms with E-state index in [2.05, 4.69) is 10.1 Å². The molecular formula is C15H11N3O7. The lowest BCUT2D eigenvalue weighted by Crippen LogP contribution is -2.14. The molecule has 0 atom stereocenters. The fraction of sp³-hybridized carbons (Fsp3) is 0.0667. The number of nitro benzene ring substituents is 2. The van der Waals surface area contributed by atoms with Crippen molar-refractivity contribution < 1.29 is 24.2 Å². The Morgan fingerprint density at radius 3 is 2.00 bits per heavy atom. The quantitative estimate of drug-likeness (QED) is 0.498. The van der Waals surface area contributed by atoms with E-state index in [1.807, 2.05) is 0 Å². The highest BCUT2D eigenvalue weighted by Gasteiger charge is 2.18. The molecule has 0 saturated carbocycles. The van der Waals surface area contributed by atoms with Crippen LogP contribution in [-0.2, 0) is 4.74 Å². The van der Waals surface area contributed by atoms with Gasteiger partial charge in [-0.15, -0.1) is 0 Å². The van der Waals surface area contributed by atoms with E-state index in [0.29, 0.717) is 0 Å². The highest BCUT2D eigenvalue weighted by atomic mass is 16.6. The lowest BCUT2D eigenvalue weighted by atomic mass is 10.1. The number of nitrogens with one attached hydrogen (secondary N) is 1. The Labute approximate surface area is 140 Å². The Balaban J connectivity index is 2.31. The molecule has 2 rings (SSSR count). The average molecular weight is 345 g/mol. The first-order valence-corrected chi connectivity index (χ1v) is 6.75. The minimum atomic E-state index is -0.826. The number of benzene rings is 2. The van der Waals surface area contributed by atoms with E-state index >= 15 is 0 Å². The largest absolute Gasteiger partial charge is 0.465 e. The van der Waals surface area contributed by atoms with E-state index in [1.165, 1.54) is 24.3 Å². The van der Waals surface area contributed by atoms with E-state index in [1.54, 1.807) is 0 Å². The van der Waals surface area contributed by atoms with Crippen LogP contribution in [0.3, 0.4) is 0 Å². The third-order valence-corrected chi connectivity index (χ3v) is 3.15. The molecule has 0 fully saturated rings. The number of non-ortho nitro benzene ring substituents is 2. The van der Waals surface area contributed by atoms with Crippen LogP contribution in [0.2, 0.25) is 0 Å². The van der Waals surface area contributed by atoms with Crippen molar-refractivity contribution in [2.45, 2.75) is 0 Å². The standard InChI is InChI=1S/C15H11N3O7/c1-25-15(20)10-6-9(7-13(8-10)18(23)24)14(19)16-11-2-4-12(5-3-11)17(21)22/h2-8H,1H3,(H,16,19). The monoisotopic (exact) mass is 345 g/mol. The van der Waals surface area contributed by atoms with Gasteiger partial charge in [0.05, 0.1) is 22.5 Å². The van der Waals surface area contributed by atoms with E-state index in [-0.39, 0.29) is 22.5 Å². The molecule has 25 heavy (non-hydrogen) atoms. The highest BCUT2D eigenvalue weighted by molar-refractivity contribution is 6.06. The number of nitro groups is 2. The Morgan fingerprint density at radius 2 is 1.48 bits per heavy atom. The van der Waals surface area contributed by atoms with Gasteiger partial charge in [-0.1, -0.05) is 0 Å².